The number of thioether (sulfide) groups is 1. The first-order valence-corrected chi connectivity index (χ1v) is 7.42. The van der Waals surface area contributed by atoms with Crippen LogP contribution in [0.4, 0.5) is 13.6 Å². The molecule has 0 spiro atoms. The molecule has 8 heteroatoms. The van der Waals surface area contributed by atoms with Gasteiger partial charge in [0.25, 0.3) is 0 Å². The summed E-state index contributed by atoms with van der Waals surface area (Å²) in [5, 5.41) is 10.9. The van der Waals surface area contributed by atoms with E-state index in [-0.39, 0.29) is 12.5 Å². The summed E-state index contributed by atoms with van der Waals surface area (Å²) in [6, 6.07) is 2.24. The van der Waals surface area contributed by atoms with Crippen LogP contribution in [-0.4, -0.2) is 46.1 Å². The predicted octanol–water partition coefficient (Wildman–Crippen LogP) is 1.68. The van der Waals surface area contributed by atoms with Crippen LogP contribution >= 0.6 is 11.8 Å². The summed E-state index contributed by atoms with van der Waals surface area (Å²) >= 11 is 1.45. The molecule has 0 aromatic heterocycles. The summed E-state index contributed by atoms with van der Waals surface area (Å²) in [5.41, 5.74) is 0.335. The van der Waals surface area contributed by atoms with E-state index in [0.29, 0.717) is 23.6 Å². The van der Waals surface area contributed by atoms with Gasteiger partial charge in [-0.1, -0.05) is 0 Å². The van der Waals surface area contributed by atoms with E-state index in [0.717, 1.165) is 18.2 Å². The van der Waals surface area contributed by atoms with Crippen LogP contribution in [-0.2, 0) is 11.3 Å². The van der Waals surface area contributed by atoms with E-state index in [9.17, 15) is 18.4 Å². The van der Waals surface area contributed by atoms with Crippen LogP contribution in [0.5, 0.6) is 0 Å². The summed E-state index contributed by atoms with van der Waals surface area (Å²) in [5.74, 6) is -0.809. The highest BCUT2D eigenvalue weighted by Crippen LogP contribution is 2.16. The zero-order valence-electron chi connectivity index (χ0n) is 11.0. The Hall–Kier alpha value is -1.83. The van der Waals surface area contributed by atoms with Gasteiger partial charge < -0.3 is 15.3 Å². The Morgan fingerprint density at radius 2 is 2.05 bits per heavy atom. The van der Waals surface area contributed by atoms with Crippen LogP contribution in [0.3, 0.4) is 0 Å². The molecule has 1 unspecified atom stereocenters. The monoisotopic (exact) mass is 316 g/mol. The molecule has 0 bridgehead atoms. The van der Waals surface area contributed by atoms with Gasteiger partial charge in [-0.05, 0) is 17.7 Å². The van der Waals surface area contributed by atoms with Crippen molar-refractivity contribution in [3.05, 3.63) is 35.4 Å². The van der Waals surface area contributed by atoms with Gasteiger partial charge in [0.15, 0.2) is 0 Å². The summed E-state index contributed by atoms with van der Waals surface area (Å²) in [4.78, 5) is 24.4. The molecule has 1 aliphatic rings. The molecule has 2 rings (SSSR count). The topological polar surface area (TPSA) is 69.6 Å². The molecule has 0 aliphatic carbocycles. The molecule has 1 aromatic carbocycles. The maximum Gasteiger partial charge on any atom is 0.405 e. The van der Waals surface area contributed by atoms with Crippen molar-refractivity contribution >= 4 is 23.8 Å². The molecule has 5 nitrogen and oxygen atoms in total. The third-order valence-electron chi connectivity index (χ3n) is 2.99. The second-order valence-electron chi connectivity index (χ2n) is 4.61. The Balaban J connectivity index is 2.13. The smallest absolute Gasteiger partial charge is 0.405 e. The summed E-state index contributed by atoms with van der Waals surface area (Å²) in [6.07, 6.45) is -1.27. The fourth-order valence-corrected chi connectivity index (χ4v) is 3.09. The lowest BCUT2D eigenvalue weighted by molar-refractivity contribution is -0.132. The zero-order valence-corrected chi connectivity index (χ0v) is 11.8. The molecule has 1 heterocycles. The molecule has 1 saturated heterocycles. The Bertz CT molecular complexity index is 536. The average molecular weight is 316 g/mol. The molecule has 21 heavy (non-hydrogen) atoms. The number of hydrogen-bond acceptors (Lipinski definition) is 3. The van der Waals surface area contributed by atoms with Gasteiger partial charge in [-0.3, -0.25) is 4.79 Å². The van der Waals surface area contributed by atoms with Crippen molar-refractivity contribution in [1.29, 1.82) is 0 Å². The Morgan fingerprint density at radius 3 is 2.67 bits per heavy atom. The molecule has 1 fully saturated rings. The Labute approximate surface area is 124 Å². The number of nitrogens with one attached hydrogen (secondary N) is 1. The first-order chi connectivity index (χ1) is 9.95. The van der Waals surface area contributed by atoms with Gasteiger partial charge in [0.1, 0.15) is 17.7 Å². The van der Waals surface area contributed by atoms with E-state index >= 15 is 0 Å². The Morgan fingerprint density at radius 1 is 1.38 bits per heavy atom. The molecule has 0 radical (unpaired) electrons. The number of hydrogen-bond donors (Lipinski definition) is 2. The molecule has 114 valence electrons. The SMILES string of the molecule is O=C(O)NC1CSCCN(Cc2cc(F)cc(F)c2)C1=O. The highest BCUT2D eigenvalue weighted by molar-refractivity contribution is 7.99. The Kier molecular flexibility index (Phi) is 5.00. The fraction of sp³-hybridized carbons (Fsp3) is 0.385. The number of carbonyl (C=O) groups excluding carboxylic acids is 1. The third kappa shape index (κ3) is 4.32. The minimum Gasteiger partial charge on any atom is -0.465 e. The minimum absolute atomic E-state index is 0.0475. The number of benzene rings is 1. The first kappa shape index (κ1) is 15.6. The molecular weight excluding hydrogens is 302 g/mol. The van der Waals surface area contributed by atoms with Crippen LogP contribution in [0.15, 0.2) is 18.2 Å². The van der Waals surface area contributed by atoms with Crippen molar-refractivity contribution in [2.75, 3.05) is 18.1 Å². The quantitative estimate of drug-likeness (QED) is 0.890. The lowest BCUT2D eigenvalue weighted by Crippen LogP contribution is -2.48. The minimum atomic E-state index is -1.27. The van der Waals surface area contributed by atoms with Crippen LogP contribution in [0.1, 0.15) is 5.56 Å². The number of rotatable bonds is 3. The maximum absolute atomic E-state index is 13.2. The molecule has 1 aliphatic heterocycles. The van der Waals surface area contributed by atoms with Gasteiger partial charge in [-0.25, -0.2) is 13.6 Å². The molecular formula is C13H14F2N2O3S. The van der Waals surface area contributed by atoms with Crippen molar-refractivity contribution in [1.82, 2.24) is 10.2 Å². The van der Waals surface area contributed by atoms with E-state index in [1.165, 1.54) is 16.7 Å². The van der Waals surface area contributed by atoms with Crippen molar-refractivity contribution in [3.63, 3.8) is 0 Å². The number of nitrogens with zero attached hydrogens (tertiary/aromatic N) is 1. The van der Waals surface area contributed by atoms with E-state index in [2.05, 4.69) is 5.32 Å². The maximum atomic E-state index is 13.2. The number of carboxylic acid groups (broad SMARTS) is 1. The van der Waals surface area contributed by atoms with Gasteiger partial charge in [0.2, 0.25) is 5.91 Å². The van der Waals surface area contributed by atoms with Crippen molar-refractivity contribution in [2.45, 2.75) is 12.6 Å². The molecule has 0 saturated carbocycles. The highest BCUT2D eigenvalue weighted by Gasteiger charge is 2.28. The van der Waals surface area contributed by atoms with E-state index in [1.54, 1.807) is 0 Å². The second-order valence-corrected chi connectivity index (χ2v) is 5.76. The number of amides is 2. The lowest BCUT2D eigenvalue weighted by atomic mass is 10.2. The molecule has 2 N–H and O–H groups in total. The van der Waals surface area contributed by atoms with Crippen molar-refractivity contribution in [2.24, 2.45) is 0 Å². The largest absolute Gasteiger partial charge is 0.465 e. The summed E-state index contributed by atoms with van der Waals surface area (Å²) < 4.78 is 26.3. The van der Waals surface area contributed by atoms with Crippen LogP contribution < -0.4 is 5.32 Å². The molecule has 2 amide bonds. The van der Waals surface area contributed by atoms with Crippen LogP contribution in [0, 0.1) is 11.6 Å². The highest BCUT2D eigenvalue weighted by atomic mass is 32.2. The molecule has 1 atom stereocenters. The molecule has 1 aromatic rings. The first-order valence-electron chi connectivity index (χ1n) is 6.26. The zero-order chi connectivity index (χ0) is 15.4. The van der Waals surface area contributed by atoms with Gasteiger partial charge in [0, 0.05) is 30.7 Å². The van der Waals surface area contributed by atoms with Crippen molar-refractivity contribution < 1.29 is 23.5 Å². The van der Waals surface area contributed by atoms with Gasteiger partial charge >= 0.3 is 6.09 Å². The van der Waals surface area contributed by atoms with Gasteiger partial charge in [-0.15, -0.1) is 0 Å². The predicted molar refractivity (Wildman–Crippen MR) is 74.0 cm³/mol. The second kappa shape index (κ2) is 6.75. The third-order valence-corrected chi connectivity index (χ3v) is 4.03. The van der Waals surface area contributed by atoms with Crippen LogP contribution in [0.2, 0.25) is 0 Å². The van der Waals surface area contributed by atoms with Crippen molar-refractivity contribution in [3.8, 4) is 0 Å². The van der Waals surface area contributed by atoms with E-state index < -0.39 is 23.8 Å². The van der Waals surface area contributed by atoms with Gasteiger partial charge in [-0.2, -0.15) is 11.8 Å². The van der Waals surface area contributed by atoms with Crippen LogP contribution in [0.25, 0.3) is 0 Å². The van der Waals surface area contributed by atoms with E-state index in [1.807, 2.05) is 0 Å². The summed E-state index contributed by atoms with van der Waals surface area (Å²) in [6.45, 7) is 0.450. The number of carbonyl (C=O) groups is 2. The number of halogens is 2. The normalized spacial score (nSPS) is 19.2. The standard InChI is InChI=1S/C13H14F2N2O3S/c14-9-3-8(4-10(15)5-9)6-17-1-2-21-7-11(12(17)18)16-13(19)20/h3-5,11,16H,1-2,6-7H2,(H,19,20). The van der Waals surface area contributed by atoms with Gasteiger partial charge in [0.05, 0.1) is 0 Å². The van der Waals surface area contributed by atoms with E-state index in [4.69, 9.17) is 5.11 Å². The lowest BCUT2D eigenvalue weighted by Gasteiger charge is -2.24. The average Bonchev–Trinajstić information content (AvgIpc) is 2.52. The fourth-order valence-electron chi connectivity index (χ4n) is 2.11. The summed E-state index contributed by atoms with van der Waals surface area (Å²) in [7, 11) is 0.